The number of nitrogen functional groups attached to an aromatic ring is 1. The Morgan fingerprint density at radius 2 is 1.57 bits per heavy atom. The molecule has 4 rings (SSSR count). The molecule has 0 aromatic heterocycles. The van der Waals surface area contributed by atoms with Gasteiger partial charge in [0.2, 0.25) is 0 Å². The van der Waals surface area contributed by atoms with Gasteiger partial charge >= 0.3 is 6.09 Å². The summed E-state index contributed by atoms with van der Waals surface area (Å²) in [7, 11) is 0. The van der Waals surface area contributed by atoms with Crippen molar-refractivity contribution in [2.75, 3.05) is 45.1 Å². The van der Waals surface area contributed by atoms with Crippen LogP contribution in [0, 0.1) is 0 Å². The van der Waals surface area contributed by atoms with Crippen molar-refractivity contribution < 1.29 is 19.0 Å². The number of amides is 1. The highest BCUT2D eigenvalue weighted by molar-refractivity contribution is 5.96. The van der Waals surface area contributed by atoms with Crippen LogP contribution in [0.5, 0.6) is 11.5 Å². The van der Waals surface area contributed by atoms with Gasteiger partial charge in [-0.15, -0.1) is 0 Å². The van der Waals surface area contributed by atoms with E-state index in [4.69, 9.17) is 19.9 Å². The fourth-order valence-electron chi connectivity index (χ4n) is 4.04. The number of fused-ring (bicyclic) bond motifs is 1. The number of anilines is 1. The molecule has 0 bridgehead atoms. The van der Waals surface area contributed by atoms with Crippen molar-refractivity contribution in [2.24, 2.45) is 0 Å². The molecule has 7 nitrogen and oxygen atoms in total. The van der Waals surface area contributed by atoms with E-state index < -0.39 is 5.60 Å². The van der Waals surface area contributed by atoms with Gasteiger partial charge in [-0.05, 0) is 50.6 Å². The summed E-state index contributed by atoms with van der Waals surface area (Å²) in [4.78, 5) is 16.3. The molecule has 0 saturated carbocycles. The van der Waals surface area contributed by atoms with Crippen molar-refractivity contribution in [3.8, 4) is 11.5 Å². The second-order valence-electron chi connectivity index (χ2n) is 9.79. The molecule has 3 aromatic carbocycles. The lowest BCUT2D eigenvalue weighted by Gasteiger charge is -2.35. The summed E-state index contributed by atoms with van der Waals surface area (Å²) in [6.07, 6.45) is -0.234. The van der Waals surface area contributed by atoms with Crippen LogP contribution in [0.4, 0.5) is 10.5 Å². The van der Waals surface area contributed by atoms with Gasteiger partial charge in [0.25, 0.3) is 0 Å². The average Bonchev–Trinajstić information content (AvgIpc) is 2.84. The first-order chi connectivity index (χ1) is 16.8. The van der Waals surface area contributed by atoms with Gasteiger partial charge in [0.05, 0.1) is 0 Å². The van der Waals surface area contributed by atoms with Gasteiger partial charge in [-0.25, -0.2) is 4.79 Å². The highest BCUT2D eigenvalue weighted by Gasteiger charge is 2.25. The van der Waals surface area contributed by atoms with E-state index in [1.807, 2.05) is 81.4 Å². The maximum Gasteiger partial charge on any atom is 0.410 e. The van der Waals surface area contributed by atoms with E-state index in [2.05, 4.69) is 4.90 Å². The summed E-state index contributed by atoms with van der Waals surface area (Å²) < 4.78 is 17.5. The Morgan fingerprint density at radius 3 is 2.26 bits per heavy atom. The number of piperazine rings is 1. The van der Waals surface area contributed by atoms with Crippen molar-refractivity contribution in [3.05, 3.63) is 66.2 Å². The van der Waals surface area contributed by atoms with E-state index in [0.29, 0.717) is 26.3 Å². The van der Waals surface area contributed by atoms with Crippen LogP contribution in [0.2, 0.25) is 0 Å². The monoisotopic (exact) mass is 477 g/mol. The zero-order valence-corrected chi connectivity index (χ0v) is 20.8. The van der Waals surface area contributed by atoms with Crippen LogP contribution in [0.1, 0.15) is 26.3 Å². The molecule has 1 amide bonds. The zero-order chi connectivity index (χ0) is 24.8. The lowest BCUT2D eigenvalue weighted by molar-refractivity contribution is 0.0137. The van der Waals surface area contributed by atoms with Gasteiger partial charge in [-0.1, -0.05) is 36.4 Å². The Kier molecular flexibility index (Phi) is 7.66. The van der Waals surface area contributed by atoms with E-state index in [1.165, 1.54) is 0 Å². The Hall–Kier alpha value is -3.45. The summed E-state index contributed by atoms with van der Waals surface area (Å²) in [5.41, 5.74) is 7.43. The molecule has 7 heteroatoms. The van der Waals surface area contributed by atoms with Gasteiger partial charge in [0.15, 0.2) is 0 Å². The van der Waals surface area contributed by atoms with Crippen LogP contribution >= 0.6 is 0 Å². The highest BCUT2D eigenvalue weighted by atomic mass is 16.6. The predicted molar refractivity (Wildman–Crippen MR) is 139 cm³/mol. The molecular weight excluding hydrogens is 442 g/mol. The van der Waals surface area contributed by atoms with Gasteiger partial charge in [0.1, 0.15) is 30.3 Å². The Labute approximate surface area is 207 Å². The van der Waals surface area contributed by atoms with Gasteiger partial charge in [-0.3, -0.25) is 4.90 Å². The van der Waals surface area contributed by atoms with Crippen LogP contribution in [0.3, 0.4) is 0 Å². The second-order valence-corrected chi connectivity index (χ2v) is 9.79. The van der Waals surface area contributed by atoms with Gasteiger partial charge < -0.3 is 24.8 Å². The summed E-state index contributed by atoms with van der Waals surface area (Å²) in [6, 6.07) is 19.8. The van der Waals surface area contributed by atoms with Crippen molar-refractivity contribution in [3.63, 3.8) is 0 Å². The highest BCUT2D eigenvalue weighted by Crippen LogP contribution is 2.30. The number of hydrogen-bond acceptors (Lipinski definition) is 6. The molecule has 186 valence electrons. The first-order valence-electron chi connectivity index (χ1n) is 12.1. The number of benzene rings is 3. The van der Waals surface area contributed by atoms with Crippen LogP contribution in [-0.4, -0.2) is 60.8 Å². The average molecular weight is 478 g/mol. The molecule has 1 aliphatic rings. The summed E-state index contributed by atoms with van der Waals surface area (Å²) in [5, 5.41) is 2.01. The normalized spacial score (nSPS) is 14.7. The van der Waals surface area contributed by atoms with E-state index in [9.17, 15) is 4.79 Å². The Bertz CT molecular complexity index is 1130. The molecule has 0 spiro atoms. The molecular formula is C28H35N3O4. The Balaban J connectivity index is 1.20. The summed E-state index contributed by atoms with van der Waals surface area (Å²) >= 11 is 0. The van der Waals surface area contributed by atoms with Crippen LogP contribution in [-0.2, 0) is 11.3 Å². The zero-order valence-electron chi connectivity index (χ0n) is 20.8. The Morgan fingerprint density at radius 1 is 0.886 bits per heavy atom. The van der Waals surface area contributed by atoms with Crippen LogP contribution in [0.25, 0.3) is 10.8 Å². The van der Waals surface area contributed by atoms with E-state index in [1.54, 1.807) is 4.90 Å². The topological polar surface area (TPSA) is 77.3 Å². The van der Waals surface area contributed by atoms with Gasteiger partial charge in [-0.2, -0.15) is 0 Å². The fraction of sp³-hybridized carbons (Fsp3) is 0.393. The number of rotatable bonds is 7. The van der Waals surface area contributed by atoms with Crippen LogP contribution < -0.4 is 15.2 Å². The molecule has 0 atom stereocenters. The first-order valence-corrected chi connectivity index (χ1v) is 12.1. The molecule has 1 aliphatic heterocycles. The number of ether oxygens (including phenoxy) is 3. The van der Waals surface area contributed by atoms with E-state index >= 15 is 0 Å². The lowest BCUT2D eigenvalue weighted by Crippen LogP contribution is -2.50. The molecule has 2 N–H and O–H groups in total. The van der Waals surface area contributed by atoms with Crippen molar-refractivity contribution in [1.29, 1.82) is 0 Å². The number of hydrogen-bond donors (Lipinski definition) is 1. The number of carbonyl (C=O) groups is 1. The predicted octanol–water partition coefficient (Wildman–Crippen LogP) is 4.93. The maximum atomic E-state index is 12.2. The maximum absolute atomic E-state index is 12.2. The van der Waals surface area contributed by atoms with Crippen LogP contribution in [0.15, 0.2) is 60.7 Å². The fourth-order valence-corrected chi connectivity index (χ4v) is 4.04. The number of nitrogens with zero attached hydrogens (tertiary/aromatic N) is 2. The third kappa shape index (κ3) is 6.79. The third-order valence-corrected chi connectivity index (χ3v) is 5.94. The number of nitrogens with two attached hydrogens (primary N) is 1. The molecule has 0 unspecified atom stereocenters. The third-order valence-electron chi connectivity index (χ3n) is 5.94. The molecule has 35 heavy (non-hydrogen) atoms. The SMILES string of the molecule is CC(C)(C)OC(=O)N1CCN(CCOc2ccc(COc3ccc(N)c4ccccc34)cc2)CC1. The van der Waals surface area contributed by atoms with Gasteiger partial charge in [0, 0.05) is 49.2 Å². The van der Waals surface area contributed by atoms with Crippen molar-refractivity contribution in [1.82, 2.24) is 9.80 Å². The smallest absolute Gasteiger partial charge is 0.410 e. The van der Waals surface area contributed by atoms with Crippen molar-refractivity contribution in [2.45, 2.75) is 33.0 Å². The minimum absolute atomic E-state index is 0.234. The van der Waals surface area contributed by atoms with E-state index in [0.717, 1.165) is 53.2 Å². The minimum Gasteiger partial charge on any atom is -0.492 e. The standard InChI is InChI=1S/C28H35N3O4/c1-28(2,3)35-27(32)31-16-14-30(15-17-31)18-19-33-22-10-8-21(9-11-22)20-34-26-13-12-25(29)23-6-4-5-7-24(23)26/h4-13H,14-20,29H2,1-3H3. The van der Waals surface area contributed by atoms with E-state index in [-0.39, 0.29) is 6.09 Å². The molecule has 1 saturated heterocycles. The molecule has 3 aromatic rings. The molecule has 1 fully saturated rings. The molecule has 0 radical (unpaired) electrons. The van der Waals surface area contributed by atoms with Crippen molar-refractivity contribution >= 4 is 22.6 Å². The quantitative estimate of drug-likeness (QED) is 0.486. The summed E-state index contributed by atoms with van der Waals surface area (Å²) in [6.45, 7) is 10.5. The largest absolute Gasteiger partial charge is 0.492 e. The molecule has 1 heterocycles. The summed E-state index contributed by atoms with van der Waals surface area (Å²) in [5.74, 6) is 1.65. The second kappa shape index (κ2) is 10.9. The first kappa shape index (κ1) is 24.7. The number of carbonyl (C=O) groups excluding carboxylic acids is 1. The lowest BCUT2D eigenvalue weighted by atomic mass is 10.1. The minimum atomic E-state index is -0.464. The molecule has 0 aliphatic carbocycles.